The first-order valence-corrected chi connectivity index (χ1v) is 8.48. The van der Waals surface area contributed by atoms with Crippen LogP contribution in [0.25, 0.3) is 0 Å². The van der Waals surface area contributed by atoms with E-state index in [0.717, 1.165) is 22.0 Å². The van der Waals surface area contributed by atoms with Crippen LogP contribution in [0, 0.1) is 13.8 Å². The summed E-state index contributed by atoms with van der Waals surface area (Å²) in [5.74, 6) is 0. The van der Waals surface area contributed by atoms with Gasteiger partial charge in [-0.1, -0.05) is 6.07 Å². The molecule has 0 aliphatic rings. The Labute approximate surface area is 123 Å². The molecule has 108 valence electrons. The number of hydrogen-bond acceptors (Lipinski definition) is 5. The van der Waals surface area contributed by atoms with Gasteiger partial charge in [-0.15, -0.1) is 11.3 Å². The first-order chi connectivity index (χ1) is 9.42. The predicted molar refractivity (Wildman–Crippen MR) is 81.6 cm³/mol. The van der Waals surface area contributed by atoms with Crippen molar-refractivity contribution in [2.24, 2.45) is 0 Å². The first-order valence-electron chi connectivity index (χ1n) is 6.11. The molecule has 1 aromatic heterocycles. The van der Waals surface area contributed by atoms with Crippen molar-refractivity contribution in [1.29, 1.82) is 0 Å². The van der Waals surface area contributed by atoms with Crippen molar-refractivity contribution in [3.63, 3.8) is 0 Å². The van der Waals surface area contributed by atoms with Crippen LogP contribution in [0.15, 0.2) is 28.5 Å². The topological polar surface area (TPSA) is 71.1 Å². The van der Waals surface area contributed by atoms with Crippen LogP contribution in [0.4, 0.5) is 5.69 Å². The molecule has 2 aromatic rings. The summed E-state index contributed by atoms with van der Waals surface area (Å²) >= 11 is 1.58. The van der Waals surface area contributed by atoms with Crippen LogP contribution >= 0.6 is 11.3 Å². The minimum absolute atomic E-state index is 0.253. The average Bonchev–Trinajstić information content (AvgIpc) is 2.83. The Hall–Kier alpha value is -1.44. The number of benzene rings is 1. The number of rotatable bonds is 5. The van der Waals surface area contributed by atoms with Crippen LogP contribution in [0.1, 0.15) is 16.3 Å². The Balaban J connectivity index is 2.21. The summed E-state index contributed by atoms with van der Waals surface area (Å²) < 4.78 is 25.9. The molecule has 0 fully saturated rings. The van der Waals surface area contributed by atoms with Crippen LogP contribution in [-0.4, -0.2) is 20.4 Å². The van der Waals surface area contributed by atoms with E-state index in [1.807, 2.05) is 19.2 Å². The molecule has 0 aliphatic heterocycles. The third-order valence-electron chi connectivity index (χ3n) is 2.88. The SMILES string of the molecule is CNS(=O)(=O)c1ccc(C)c(NCc2nc(C)cs2)c1. The summed E-state index contributed by atoms with van der Waals surface area (Å²) in [6.07, 6.45) is 0. The molecule has 0 bridgehead atoms. The summed E-state index contributed by atoms with van der Waals surface area (Å²) in [4.78, 5) is 4.62. The van der Waals surface area contributed by atoms with Crippen LogP contribution in [-0.2, 0) is 16.6 Å². The molecular weight excluding hydrogens is 294 g/mol. The molecule has 0 amide bonds. The Kier molecular flexibility index (Phi) is 4.42. The molecule has 0 radical (unpaired) electrons. The van der Waals surface area contributed by atoms with E-state index in [-0.39, 0.29) is 4.90 Å². The van der Waals surface area contributed by atoms with Crippen molar-refractivity contribution in [3.8, 4) is 0 Å². The van der Waals surface area contributed by atoms with Gasteiger partial charge in [0.1, 0.15) is 5.01 Å². The minimum atomic E-state index is -3.42. The lowest BCUT2D eigenvalue weighted by atomic mass is 10.2. The monoisotopic (exact) mass is 311 g/mol. The second kappa shape index (κ2) is 5.90. The summed E-state index contributed by atoms with van der Waals surface area (Å²) in [7, 11) is -2.02. The molecule has 0 unspecified atom stereocenters. The molecule has 1 aromatic carbocycles. The summed E-state index contributed by atoms with van der Waals surface area (Å²) in [5, 5.41) is 6.20. The van der Waals surface area contributed by atoms with Gasteiger partial charge in [-0.05, 0) is 38.6 Å². The van der Waals surface area contributed by atoms with E-state index in [1.54, 1.807) is 29.5 Å². The van der Waals surface area contributed by atoms with Crippen molar-refractivity contribution in [2.75, 3.05) is 12.4 Å². The van der Waals surface area contributed by atoms with Gasteiger partial charge in [0.25, 0.3) is 0 Å². The van der Waals surface area contributed by atoms with Gasteiger partial charge in [0, 0.05) is 16.8 Å². The van der Waals surface area contributed by atoms with Crippen molar-refractivity contribution in [3.05, 3.63) is 39.8 Å². The van der Waals surface area contributed by atoms with E-state index in [0.29, 0.717) is 6.54 Å². The maximum atomic E-state index is 11.8. The van der Waals surface area contributed by atoms with E-state index in [1.165, 1.54) is 7.05 Å². The highest BCUT2D eigenvalue weighted by Gasteiger charge is 2.12. The van der Waals surface area contributed by atoms with E-state index >= 15 is 0 Å². The predicted octanol–water partition coefficient (Wildman–Crippen LogP) is 2.28. The molecule has 20 heavy (non-hydrogen) atoms. The number of sulfonamides is 1. The van der Waals surface area contributed by atoms with E-state index in [4.69, 9.17) is 0 Å². The molecular formula is C13H17N3O2S2. The van der Waals surface area contributed by atoms with Gasteiger partial charge >= 0.3 is 0 Å². The van der Waals surface area contributed by atoms with Crippen LogP contribution in [0.5, 0.6) is 0 Å². The van der Waals surface area contributed by atoms with Crippen molar-refractivity contribution >= 4 is 27.0 Å². The molecule has 7 heteroatoms. The molecule has 0 spiro atoms. The number of thiazole rings is 1. The van der Waals surface area contributed by atoms with Crippen LogP contribution in [0.3, 0.4) is 0 Å². The zero-order chi connectivity index (χ0) is 14.8. The Morgan fingerprint density at radius 1 is 1.30 bits per heavy atom. The van der Waals surface area contributed by atoms with E-state index in [9.17, 15) is 8.42 Å². The normalized spacial score (nSPS) is 11.6. The fourth-order valence-electron chi connectivity index (χ4n) is 1.73. The van der Waals surface area contributed by atoms with Gasteiger partial charge in [-0.2, -0.15) is 0 Å². The average molecular weight is 311 g/mol. The maximum absolute atomic E-state index is 11.8. The van der Waals surface area contributed by atoms with Gasteiger partial charge in [-0.25, -0.2) is 18.1 Å². The van der Waals surface area contributed by atoms with Gasteiger partial charge in [-0.3, -0.25) is 0 Å². The number of aryl methyl sites for hydroxylation is 2. The number of aromatic nitrogens is 1. The molecule has 1 heterocycles. The highest BCUT2D eigenvalue weighted by molar-refractivity contribution is 7.89. The number of hydrogen-bond donors (Lipinski definition) is 2. The lowest BCUT2D eigenvalue weighted by molar-refractivity contribution is 0.588. The van der Waals surface area contributed by atoms with Crippen LogP contribution in [0.2, 0.25) is 0 Å². The smallest absolute Gasteiger partial charge is 0.240 e. The fourth-order valence-corrected chi connectivity index (χ4v) is 3.20. The fraction of sp³-hybridized carbons (Fsp3) is 0.308. The number of nitrogens with zero attached hydrogens (tertiary/aromatic N) is 1. The summed E-state index contributed by atoms with van der Waals surface area (Å²) in [5.41, 5.74) is 2.79. The van der Waals surface area contributed by atoms with Gasteiger partial charge < -0.3 is 5.32 Å². The molecule has 0 saturated heterocycles. The highest BCUT2D eigenvalue weighted by atomic mass is 32.2. The minimum Gasteiger partial charge on any atom is -0.378 e. The molecule has 5 nitrogen and oxygen atoms in total. The first kappa shape index (κ1) is 15.0. The maximum Gasteiger partial charge on any atom is 0.240 e. The Morgan fingerprint density at radius 3 is 2.65 bits per heavy atom. The summed E-state index contributed by atoms with van der Waals surface area (Å²) in [6.45, 7) is 4.47. The molecule has 0 saturated carbocycles. The lowest BCUT2D eigenvalue weighted by Gasteiger charge is -2.10. The third-order valence-corrected chi connectivity index (χ3v) is 5.26. The molecule has 0 atom stereocenters. The van der Waals surface area contributed by atoms with Gasteiger partial charge in [0.2, 0.25) is 10.0 Å². The second-order valence-corrected chi connectivity index (χ2v) is 7.25. The number of anilines is 1. The largest absolute Gasteiger partial charge is 0.378 e. The van der Waals surface area contributed by atoms with Gasteiger partial charge in [0.05, 0.1) is 11.4 Å². The molecule has 2 rings (SSSR count). The molecule has 2 N–H and O–H groups in total. The van der Waals surface area contributed by atoms with Crippen molar-refractivity contribution in [2.45, 2.75) is 25.3 Å². The Morgan fingerprint density at radius 2 is 2.05 bits per heavy atom. The van der Waals surface area contributed by atoms with Crippen LogP contribution < -0.4 is 10.0 Å². The van der Waals surface area contributed by atoms with Gasteiger partial charge in [0.15, 0.2) is 0 Å². The molecule has 0 aliphatic carbocycles. The summed E-state index contributed by atoms with van der Waals surface area (Å²) in [6, 6.07) is 5.03. The quantitative estimate of drug-likeness (QED) is 0.888. The highest BCUT2D eigenvalue weighted by Crippen LogP contribution is 2.21. The van der Waals surface area contributed by atoms with E-state index < -0.39 is 10.0 Å². The van der Waals surface area contributed by atoms with Crippen molar-refractivity contribution < 1.29 is 8.42 Å². The zero-order valence-corrected chi connectivity index (χ0v) is 13.2. The second-order valence-electron chi connectivity index (χ2n) is 4.42. The van der Waals surface area contributed by atoms with E-state index in [2.05, 4.69) is 15.0 Å². The number of nitrogens with one attached hydrogen (secondary N) is 2. The standard InChI is InChI=1S/C13H17N3O2S2/c1-9-4-5-11(20(17,18)14-3)6-12(9)15-7-13-16-10(2)8-19-13/h4-6,8,14-15H,7H2,1-3H3. The van der Waals surface area contributed by atoms with Crippen molar-refractivity contribution in [1.82, 2.24) is 9.71 Å². The lowest BCUT2D eigenvalue weighted by Crippen LogP contribution is -2.18. The third kappa shape index (κ3) is 3.36. The Bertz CT molecular complexity index is 708. The zero-order valence-electron chi connectivity index (χ0n) is 11.6.